The topological polar surface area (TPSA) is 0 Å². The molecule has 1 rings (SSSR count). The first-order chi connectivity index (χ1) is 6.77. The predicted molar refractivity (Wildman–Crippen MR) is 66.5 cm³/mol. The van der Waals surface area contributed by atoms with Crippen molar-refractivity contribution in [2.45, 2.75) is 73.1 Å². The van der Waals surface area contributed by atoms with Crippen LogP contribution in [-0.2, 0) is 0 Å². The second-order valence-corrected chi connectivity index (χ2v) is 4.61. The predicted octanol–water partition coefficient (Wildman–Crippen LogP) is 5.28. The maximum absolute atomic E-state index is 2.41. The lowest BCUT2D eigenvalue weighted by Gasteiger charge is -2.20. The summed E-state index contributed by atoms with van der Waals surface area (Å²) in [7, 11) is 0. The van der Waals surface area contributed by atoms with E-state index in [1.165, 1.54) is 38.5 Å². The first-order valence-corrected chi connectivity index (χ1v) is 6.77. The largest absolute Gasteiger partial charge is 0.0683 e. The third-order valence-corrected chi connectivity index (χ3v) is 3.74. The molecule has 0 heteroatoms. The molecule has 0 radical (unpaired) electrons. The van der Waals surface area contributed by atoms with Crippen molar-refractivity contribution < 1.29 is 0 Å². The van der Waals surface area contributed by atoms with E-state index in [4.69, 9.17) is 0 Å². The normalized spacial score (nSPS) is 28.1. The minimum atomic E-state index is 0.960. The van der Waals surface area contributed by atoms with Gasteiger partial charge >= 0.3 is 0 Å². The van der Waals surface area contributed by atoms with Gasteiger partial charge in [-0.3, -0.25) is 0 Å². The average molecular weight is 198 g/mol. The molecular formula is C14H30. The molecule has 0 saturated heterocycles. The minimum absolute atomic E-state index is 0.960. The molecule has 3 atom stereocenters. The summed E-state index contributed by atoms with van der Waals surface area (Å²) in [5.74, 6) is 3.10. The second-order valence-electron chi connectivity index (χ2n) is 4.61. The van der Waals surface area contributed by atoms with E-state index in [2.05, 4.69) is 20.8 Å². The zero-order chi connectivity index (χ0) is 11.0. The quantitative estimate of drug-likeness (QED) is 0.577. The van der Waals surface area contributed by atoms with Crippen LogP contribution in [0.1, 0.15) is 73.1 Å². The first-order valence-electron chi connectivity index (χ1n) is 6.77. The fraction of sp³-hybridized carbons (Fsp3) is 1.00. The summed E-state index contributed by atoms with van der Waals surface area (Å²) in [6.45, 7) is 11.1. The van der Waals surface area contributed by atoms with Gasteiger partial charge in [0.15, 0.2) is 0 Å². The Morgan fingerprint density at radius 1 is 1.07 bits per heavy atom. The summed E-state index contributed by atoms with van der Waals surface area (Å²) < 4.78 is 0. The highest BCUT2D eigenvalue weighted by molar-refractivity contribution is 4.77. The minimum Gasteiger partial charge on any atom is -0.0683 e. The molecule has 0 amide bonds. The zero-order valence-electron chi connectivity index (χ0n) is 11.0. The molecule has 0 aromatic carbocycles. The van der Waals surface area contributed by atoms with Crippen molar-refractivity contribution in [3.63, 3.8) is 0 Å². The summed E-state index contributed by atoms with van der Waals surface area (Å²) in [6, 6.07) is 0. The first kappa shape index (κ1) is 14.0. The van der Waals surface area contributed by atoms with Gasteiger partial charge in [0.05, 0.1) is 0 Å². The lowest BCUT2D eigenvalue weighted by Crippen LogP contribution is -2.10. The van der Waals surface area contributed by atoms with Gasteiger partial charge in [0, 0.05) is 0 Å². The molecule has 1 fully saturated rings. The molecule has 0 nitrogen and oxygen atoms in total. The number of rotatable bonds is 4. The van der Waals surface area contributed by atoms with Crippen LogP contribution in [-0.4, -0.2) is 0 Å². The highest BCUT2D eigenvalue weighted by Gasteiger charge is 2.26. The number of hydrogen-bond donors (Lipinski definition) is 0. The summed E-state index contributed by atoms with van der Waals surface area (Å²) in [6.07, 6.45) is 8.81. The smallest absolute Gasteiger partial charge is 0.0383 e. The van der Waals surface area contributed by atoms with E-state index in [0.29, 0.717) is 0 Å². The SMILES string of the molecule is CC.CCC(C)CC1CCCC1CC. The van der Waals surface area contributed by atoms with Crippen molar-refractivity contribution in [3.05, 3.63) is 0 Å². The molecule has 0 spiro atoms. The van der Waals surface area contributed by atoms with Crippen molar-refractivity contribution in [1.29, 1.82) is 0 Å². The van der Waals surface area contributed by atoms with Gasteiger partial charge in [-0.15, -0.1) is 0 Å². The van der Waals surface area contributed by atoms with Crippen molar-refractivity contribution >= 4 is 0 Å². The van der Waals surface area contributed by atoms with E-state index in [1.807, 2.05) is 13.8 Å². The molecule has 1 aliphatic rings. The summed E-state index contributed by atoms with van der Waals surface area (Å²) in [5, 5.41) is 0. The van der Waals surface area contributed by atoms with Crippen molar-refractivity contribution in [3.8, 4) is 0 Å². The van der Waals surface area contributed by atoms with Crippen LogP contribution in [0.15, 0.2) is 0 Å². The fourth-order valence-corrected chi connectivity index (χ4v) is 2.64. The average Bonchev–Trinajstić information content (AvgIpc) is 2.68. The molecule has 1 saturated carbocycles. The lowest BCUT2D eigenvalue weighted by molar-refractivity contribution is 0.302. The number of hydrogen-bond acceptors (Lipinski definition) is 0. The third-order valence-electron chi connectivity index (χ3n) is 3.74. The highest BCUT2D eigenvalue weighted by Crippen LogP contribution is 2.38. The molecule has 0 aliphatic heterocycles. The fourth-order valence-electron chi connectivity index (χ4n) is 2.64. The van der Waals surface area contributed by atoms with Crippen LogP contribution in [0.3, 0.4) is 0 Å². The summed E-state index contributed by atoms with van der Waals surface area (Å²) in [5.41, 5.74) is 0. The van der Waals surface area contributed by atoms with E-state index in [-0.39, 0.29) is 0 Å². The van der Waals surface area contributed by atoms with Crippen LogP contribution in [0.4, 0.5) is 0 Å². The van der Waals surface area contributed by atoms with E-state index in [1.54, 1.807) is 0 Å². The van der Waals surface area contributed by atoms with Gasteiger partial charge in [-0.1, -0.05) is 66.7 Å². The van der Waals surface area contributed by atoms with Gasteiger partial charge < -0.3 is 0 Å². The molecule has 1 aliphatic carbocycles. The van der Waals surface area contributed by atoms with E-state index >= 15 is 0 Å². The molecule has 0 bridgehead atoms. The second kappa shape index (κ2) is 8.32. The monoisotopic (exact) mass is 198 g/mol. The molecule has 14 heavy (non-hydrogen) atoms. The maximum Gasteiger partial charge on any atom is -0.0383 e. The maximum atomic E-state index is 2.41. The van der Waals surface area contributed by atoms with Crippen LogP contribution in [0.5, 0.6) is 0 Å². The molecule has 0 aromatic heterocycles. The van der Waals surface area contributed by atoms with Gasteiger partial charge in [0.1, 0.15) is 0 Å². The molecule has 0 aromatic rings. The van der Waals surface area contributed by atoms with Gasteiger partial charge in [-0.25, -0.2) is 0 Å². The summed E-state index contributed by atoms with van der Waals surface area (Å²) >= 11 is 0. The van der Waals surface area contributed by atoms with Gasteiger partial charge in [-0.05, 0) is 24.2 Å². The highest BCUT2D eigenvalue weighted by atomic mass is 14.3. The van der Waals surface area contributed by atoms with Gasteiger partial charge in [0.25, 0.3) is 0 Å². The molecule has 86 valence electrons. The van der Waals surface area contributed by atoms with Crippen LogP contribution in [0.2, 0.25) is 0 Å². The van der Waals surface area contributed by atoms with E-state index in [9.17, 15) is 0 Å². The van der Waals surface area contributed by atoms with E-state index < -0.39 is 0 Å². The Kier molecular flexibility index (Phi) is 8.32. The molecule has 3 unspecified atom stereocenters. The lowest BCUT2D eigenvalue weighted by atomic mass is 9.85. The van der Waals surface area contributed by atoms with Crippen molar-refractivity contribution in [2.75, 3.05) is 0 Å². The molecule has 0 N–H and O–H groups in total. The summed E-state index contributed by atoms with van der Waals surface area (Å²) in [4.78, 5) is 0. The van der Waals surface area contributed by atoms with Gasteiger partial charge in [0.2, 0.25) is 0 Å². The van der Waals surface area contributed by atoms with Crippen LogP contribution >= 0.6 is 0 Å². The molecule has 0 heterocycles. The standard InChI is InChI=1S/C12H24.C2H6/c1-4-10(3)9-12-8-6-7-11(12)5-2;1-2/h10-12H,4-9H2,1-3H3;1-2H3. The van der Waals surface area contributed by atoms with Crippen LogP contribution in [0, 0.1) is 17.8 Å². The van der Waals surface area contributed by atoms with Crippen LogP contribution < -0.4 is 0 Å². The third kappa shape index (κ3) is 4.48. The Hall–Kier alpha value is 0. The zero-order valence-corrected chi connectivity index (χ0v) is 11.0. The molecular weight excluding hydrogens is 168 g/mol. The van der Waals surface area contributed by atoms with Crippen molar-refractivity contribution in [1.82, 2.24) is 0 Å². The van der Waals surface area contributed by atoms with Crippen molar-refractivity contribution in [2.24, 2.45) is 17.8 Å². The van der Waals surface area contributed by atoms with E-state index in [0.717, 1.165) is 17.8 Å². The Balaban J connectivity index is 0.000000791. The Morgan fingerprint density at radius 2 is 1.64 bits per heavy atom. The Morgan fingerprint density at radius 3 is 2.14 bits per heavy atom. The Bertz CT molecular complexity index is 117. The van der Waals surface area contributed by atoms with Crippen LogP contribution in [0.25, 0.3) is 0 Å². The van der Waals surface area contributed by atoms with Gasteiger partial charge in [-0.2, -0.15) is 0 Å². The Labute approximate surface area is 91.5 Å².